The van der Waals surface area contributed by atoms with Crippen LogP contribution in [0.2, 0.25) is 0 Å². The summed E-state index contributed by atoms with van der Waals surface area (Å²) in [6.45, 7) is 4.00. The van der Waals surface area contributed by atoms with Crippen LogP contribution in [0.25, 0.3) is 0 Å². The molecule has 1 fully saturated rings. The maximum absolute atomic E-state index is 12.1. The van der Waals surface area contributed by atoms with E-state index in [2.05, 4.69) is 13.0 Å². The van der Waals surface area contributed by atoms with Gasteiger partial charge in [0.25, 0.3) is 0 Å². The van der Waals surface area contributed by atoms with Gasteiger partial charge in [0.1, 0.15) is 5.78 Å². The highest BCUT2D eigenvalue weighted by Crippen LogP contribution is 2.33. The highest BCUT2D eigenvalue weighted by atomic mass is 16.4. The average Bonchev–Trinajstić information content (AvgIpc) is 2.89. The summed E-state index contributed by atoms with van der Waals surface area (Å²) >= 11 is 0. The zero-order chi connectivity index (χ0) is 18.7. The lowest BCUT2D eigenvalue weighted by molar-refractivity contribution is -0.137. The number of hydrogen-bond acceptors (Lipinski definition) is 3. The molecule has 0 heterocycles. The van der Waals surface area contributed by atoms with Crippen LogP contribution in [0.3, 0.4) is 0 Å². The van der Waals surface area contributed by atoms with Crippen LogP contribution in [0.4, 0.5) is 0 Å². The summed E-state index contributed by atoms with van der Waals surface area (Å²) in [5.74, 6) is -0.146. The third-order valence-corrected chi connectivity index (χ3v) is 4.98. The summed E-state index contributed by atoms with van der Waals surface area (Å²) in [6.07, 6.45) is 15.6. The number of carbonyl (C=O) groups excluding carboxylic acids is 1. The SMILES string of the molecule is CCCCC(C)(O)C/C=C/[C@H]1CCC(=O)[C@@H]1C/C=C\CCCC(=O)O. The molecule has 4 heteroatoms. The molecule has 1 aliphatic rings. The first-order valence-electron chi connectivity index (χ1n) is 9.64. The monoisotopic (exact) mass is 350 g/mol. The van der Waals surface area contributed by atoms with Crippen molar-refractivity contribution in [1.82, 2.24) is 0 Å². The lowest BCUT2D eigenvalue weighted by atomic mass is 9.89. The second-order valence-electron chi connectivity index (χ2n) is 7.50. The molecule has 0 saturated heterocycles. The third-order valence-electron chi connectivity index (χ3n) is 4.98. The van der Waals surface area contributed by atoms with Crippen molar-refractivity contribution < 1.29 is 19.8 Å². The second kappa shape index (κ2) is 11.2. The van der Waals surface area contributed by atoms with E-state index in [1.807, 2.05) is 25.2 Å². The smallest absolute Gasteiger partial charge is 0.303 e. The van der Waals surface area contributed by atoms with E-state index in [9.17, 15) is 14.7 Å². The van der Waals surface area contributed by atoms with Crippen LogP contribution in [0.5, 0.6) is 0 Å². The topological polar surface area (TPSA) is 74.6 Å². The normalized spacial score (nSPS) is 23.6. The Kier molecular flexibility index (Phi) is 9.73. The average molecular weight is 350 g/mol. The molecule has 0 radical (unpaired) electrons. The first-order chi connectivity index (χ1) is 11.9. The first-order valence-corrected chi connectivity index (χ1v) is 9.64. The van der Waals surface area contributed by atoms with Gasteiger partial charge in [-0.15, -0.1) is 0 Å². The van der Waals surface area contributed by atoms with Gasteiger partial charge < -0.3 is 10.2 Å². The van der Waals surface area contributed by atoms with Gasteiger partial charge in [0.05, 0.1) is 5.60 Å². The van der Waals surface area contributed by atoms with E-state index in [4.69, 9.17) is 5.11 Å². The van der Waals surface area contributed by atoms with Crippen molar-refractivity contribution in [3.05, 3.63) is 24.3 Å². The van der Waals surface area contributed by atoms with Crippen molar-refractivity contribution in [2.24, 2.45) is 11.8 Å². The van der Waals surface area contributed by atoms with Crippen LogP contribution in [0.15, 0.2) is 24.3 Å². The molecule has 0 aliphatic heterocycles. The van der Waals surface area contributed by atoms with Crippen LogP contribution in [-0.4, -0.2) is 27.6 Å². The lowest BCUT2D eigenvalue weighted by Gasteiger charge is -2.21. The van der Waals surface area contributed by atoms with E-state index in [0.29, 0.717) is 25.0 Å². The van der Waals surface area contributed by atoms with Gasteiger partial charge in [-0.2, -0.15) is 0 Å². The van der Waals surface area contributed by atoms with Gasteiger partial charge in [-0.05, 0) is 51.4 Å². The number of rotatable bonds is 12. The molecule has 0 aromatic carbocycles. The quantitative estimate of drug-likeness (QED) is 0.396. The molecular formula is C21H34O4. The summed E-state index contributed by atoms with van der Waals surface area (Å²) in [5, 5.41) is 18.9. The van der Waals surface area contributed by atoms with Crippen LogP contribution in [0, 0.1) is 11.8 Å². The molecule has 0 spiro atoms. The first kappa shape index (κ1) is 21.6. The van der Waals surface area contributed by atoms with Gasteiger partial charge in [-0.3, -0.25) is 9.59 Å². The second-order valence-corrected chi connectivity index (χ2v) is 7.50. The van der Waals surface area contributed by atoms with Crippen LogP contribution in [-0.2, 0) is 9.59 Å². The molecule has 142 valence electrons. The zero-order valence-corrected chi connectivity index (χ0v) is 15.7. The number of unbranched alkanes of at least 4 members (excludes halogenated alkanes) is 2. The number of carboxylic acid groups (broad SMARTS) is 1. The minimum Gasteiger partial charge on any atom is -0.481 e. The van der Waals surface area contributed by atoms with Crippen LogP contribution < -0.4 is 0 Å². The molecule has 1 unspecified atom stereocenters. The molecule has 25 heavy (non-hydrogen) atoms. The minimum absolute atomic E-state index is 0.0348. The summed E-state index contributed by atoms with van der Waals surface area (Å²) in [6, 6.07) is 0. The Morgan fingerprint density at radius 1 is 1.28 bits per heavy atom. The lowest BCUT2D eigenvalue weighted by Crippen LogP contribution is -2.22. The van der Waals surface area contributed by atoms with E-state index in [0.717, 1.165) is 38.5 Å². The molecule has 0 bridgehead atoms. The van der Waals surface area contributed by atoms with E-state index in [1.54, 1.807) is 0 Å². The van der Waals surface area contributed by atoms with E-state index in [-0.39, 0.29) is 18.3 Å². The van der Waals surface area contributed by atoms with Crippen LogP contribution >= 0.6 is 0 Å². The Balaban J connectivity index is 2.42. The molecule has 1 rings (SSSR count). The standard InChI is InChI=1S/C21H34O4/c1-3-4-15-21(2,25)16-9-10-17-13-14-19(22)18(17)11-7-5-6-8-12-20(23)24/h5,7,9-10,17-18,25H,3-4,6,8,11-16H2,1-2H3,(H,23,24)/b7-5-,10-9+/t17-,18+,21?/m0/s1. The van der Waals surface area contributed by atoms with Crippen molar-refractivity contribution in [1.29, 1.82) is 0 Å². The number of aliphatic carboxylic acids is 1. The van der Waals surface area contributed by atoms with Gasteiger partial charge in [-0.25, -0.2) is 0 Å². The predicted octanol–water partition coefficient (Wildman–Crippen LogP) is 4.67. The fraction of sp³-hybridized carbons (Fsp3) is 0.714. The van der Waals surface area contributed by atoms with Crippen molar-refractivity contribution in [3.8, 4) is 0 Å². The molecular weight excluding hydrogens is 316 g/mol. The zero-order valence-electron chi connectivity index (χ0n) is 15.7. The maximum atomic E-state index is 12.1. The summed E-state index contributed by atoms with van der Waals surface area (Å²) in [4.78, 5) is 22.6. The van der Waals surface area contributed by atoms with Gasteiger partial charge in [0, 0.05) is 18.8 Å². The Morgan fingerprint density at radius 3 is 2.72 bits per heavy atom. The molecule has 3 atom stereocenters. The van der Waals surface area contributed by atoms with E-state index in [1.165, 1.54) is 0 Å². The molecule has 0 aromatic rings. The van der Waals surface area contributed by atoms with Crippen molar-refractivity contribution in [2.75, 3.05) is 0 Å². The Labute approximate surface area is 152 Å². The number of carbonyl (C=O) groups is 2. The number of aliphatic hydroxyl groups is 1. The molecule has 2 N–H and O–H groups in total. The summed E-state index contributed by atoms with van der Waals surface area (Å²) in [7, 11) is 0. The number of ketones is 1. The molecule has 1 saturated carbocycles. The number of Topliss-reactive ketones (excluding diaryl/α,β-unsaturated/α-hetero) is 1. The van der Waals surface area contributed by atoms with E-state index < -0.39 is 11.6 Å². The Bertz CT molecular complexity index is 476. The summed E-state index contributed by atoms with van der Waals surface area (Å²) < 4.78 is 0. The van der Waals surface area contributed by atoms with Gasteiger partial charge in [0.2, 0.25) is 0 Å². The molecule has 4 nitrogen and oxygen atoms in total. The molecule has 0 amide bonds. The highest BCUT2D eigenvalue weighted by molar-refractivity contribution is 5.83. The largest absolute Gasteiger partial charge is 0.481 e. The third kappa shape index (κ3) is 9.01. The summed E-state index contributed by atoms with van der Waals surface area (Å²) in [5.41, 5.74) is -0.658. The molecule has 0 aromatic heterocycles. The van der Waals surface area contributed by atoms with Gasteiger partial charge >= 0.3 is 5.97 Å². The predicted molar refractivity (Wildman–Crippen MR) is 100 cm³/mol. The van der Waals surface area contributed by atoms with Crippen LogP contribution in [0.1, 0.15) is 78.1 Å². The Hall–Kier alpha value is -1.42. The fourth-order valence-corrected chi connectivity index (χ4v) is 3.36. The fourth-order valence-electron chi connectivity index (χ4n) is 3.36. The van der Waals surface area contributed by atoms with Gasteiger partial charge in [-0.1, -0.05) is 44.1 Å². The van der Waals surface area contributed by atoms with Crippen molar-refractivity contribution >= 4 is 11.8 Å². The highest BCUT2D eigenvalue weighted by Gasteiger charge is 2.31. The Morgan fingerprint density at radius 2 is 2.04 bits per heavy atom. The number of hydrogen-bond donors (Lipinski definition) is 2. The molecule has 1 aliphatic carbocycles. The number of allylic oxidation sites excluding steroid dienone is 3. The van der Waals surface area contributed by atoms with E-state index >= 15 is 0 Å². The maximum Gasteiger partial charge on any atom is 0.303 e. The minimum atomic E-state index is -0.764. The number of carboxylic acids is 1. The van der Waals surface area contributed by atoms with Gasteiger partial charge in [0.15, 0.2) is 0 Å². The van der Waals surface area contributed by atoms with Crippen molar-refractivity contribution in [2.45, 2.75) is 83.7 Å². The van der Waals surface area contributed by atoms with Crippen molar-refractivity contribution in [3.63, 3.8) is 0 Å².